The first-order valence-corrected chi connectivity index (χ1v) is 13.1. The number of rotatable bonds is 8. The second-order valence-electron chi connectivity index (χ2n) is 9.55. The van der Waals surface area contributed by atoms with Crippen molar-refractivity contribution in [2.45, 2.75) is 26.2 Å². The molecule has 38 heavy (non-hydrogen) atoms. The summed E-state index contributed by atoms with van der Waals surface area (Å²) in [7, 11) is 2.14. The Bertz CT molecular complexity index is 1310. The number of likely N-dealkylation sites (N-methyl/N-ethyl adjacent to an activating group) is 1. The number of ether oxygens (including phenoxy) is 1. The van der Waals surface area contributed by atoms with E-state index in [4.69, 9.17) is 4.74 Å². The predicted molar refractivity (Wildman–Crippen MR) is 150 cm³/mol. The van der Waals surface area contributed by atoms with E-state index in [0.29, 0.717) is 35.2 Å². The molecule has 1 aliphatic rings. The smallest absolute Gasteiger partial charge is 0.338 e. The molecule has 1 N–H and O–H groups in total. The molecule has 1 aliphatic heterocycles. The Labute approximate surface area is 224 Å². The molecule has 0 spiro atoms. The standard InChI is InChI=1S/C31H34N4O3/c1-3-38-31(37)27-11-10-25(9-8-23-6-4-7-24(20-23)22-32)29(21-27)33-30(36)26-12-14-28(15-13-26)35-17-5-16-34(2)18-19-35/h4,6-7,10-15,20-21H,3,5,8-9,16-19H2,1-2H3,(H,33,36). The summed E-state index contributed by atoms with van der Waals surface area (Å²) in [6.45, 7) is 6.10. The first-order chi connectivity index (χ1) is 18.5. The van der Waals surface area contributed by atoms with Gasteiger partial charge >= 0.3 is 5.97 Å². The van der Waals surface area contributed by atoms with Gasteiger partial charge in [-0.25, -0.2) is 4.79 Å². The summed E-state index contributed by atoms with van der Waals surface area (Å²) < 4.78 is 5.16. The fraction of sp³-hybridized carbons (Fsp3) is 0.323. The van der Waals surface area contributed by atoms with Gasteiger partial charge in [-0.05, 0) is 99.4 Å². The molecule has 7 nitrogen and oxygen atoms in total. The Balaban J connectivity index is 1.51. The first-order valence-electron chi connectivity index (χ1n) is 13.1. The number of nitrogens with zero attached hydrogens (tertiary/aromatic N) is 3. The van der Waals surface area contributed by atoms with E-state index in [9.17, 15) is 14.9 Å². The quantitative estimate of drug-likeness (QED) is 0.433. The normalized spacial score (nSPS) is 13.9. The van der Waals surface area contributed by atoms with Crippen LogP contribution in [0.3, 0.4) is 0 Å². The Morgan fingerprint density at radius 1 is 0.947 bits per heavy atom. The van der Waals surface area contributed by atoms with Gasteiger partial charge in [0.15, 0.2) is 0 Å². The van der Waals surface area contributed by atoms with Gasteiger partial charge in [0.1, 0.15) is 0 Å². The number of carbonyl (C=O) groups is 2. The number of anilines is 2. The molecule has 0 atom stereocenters. The highest BCUT2D eigenvalue weighted by Crippen LogP contribution is 2.23. The van der Waals surface area contributed by atoms with Crippen LogP contribution in [0.4, 0.5) is 11.4 Å². The first kappa shape index (κ1) is 26.9. The zero-order chi connectivity index (χ0) is 26.9. The lowest BCUT2D eigenvalue weighted by Gasteiger charge is -2.23. The molecule has 7 heteroatoms. The van der Waals surface area contributed by atoms with Crippen LogP contribution in [0.2, 0.25) is 0 Å². The maximum absolute atomic E-state index is 13.2. The third kappa shape index (κ3) is 6.99. The minimum absolute atomic E-state index is 0.235. The van der Waals surface area contributed by atoms with Crippen LogP contribution in [0.5, 0.6) is 0 Å². The van der Waals surface area contributed by atoms with Crippen molar-refractivity contribution in [3.63, 3.8) is 0 Å². The monoisotopic (exact) mass is 510 g/mol. The summed E-state index contributed by atoms with van der Waals surface area (Å²) >= 11 is 0. The summed E-state index contributed by atoms with van der Waals surface area (Å²) in [5.41, 5.74) is 5.18. The Kier molecular flexibility index (Phi) is 9.12. The van der Waals surface area contributed by atoms with Crippen molar-refractivity contribution in [3.05, 3.63) is 94.5 Å². The lowest BCUT2D eigenvalue weighted by Crippen LogP contribution is -2.28. The topological polar surface area (TPSA) is 85.7 Å². The van der Waals surface area contributed by atoms with Crippen LogP contribution in [-0.4, -0.2) is 56.6 Å². The van der Waals surface area contributed by atoms with Gasteiger partial charge in [0, 0.05) is 36.6 Å². The average molecular weight is 511 g/mol. The number of aryl methyl sites for hydroxylation is 2. The molecule has 0 aromatic heterocycles. The van der Waals surface area contributed by atoms with Gasteiger partial charge in [-0.3, -0.25) is 4.79 Å². The second kappa shape index (κ2) is 12.9. The Morgan fingerprint density at radius 2 is 1.74 bits per heavy atom. The Morgan fingerprint density at radius 3 is 2.50 bits per heavy atom. The van der Waals surface area contributed by atoms with Crippen LogP contribution in [-0.2, 0) is 17.6 Å². The molecule has 1 amide bonds. The minimum Gasteiger partial charge on any atom is -0.462 e. The number of benzene rings is 3. The van der Waals surface area contributed by atoms with E-state index in [1.165, 1.54) is 0 Å². The predicted octanol–water partition coefficient (Wildman–Crippen LogP) is 4.91. The summed E-state index contributed by atoms with van der Waals surface area (Å²) in [5, 5.41) is 12.2. The van der Waals surface area contributed by atoms with E-state index >= 15 is 0 Å². The fourth-order valence-corrected chi connectivity index (χ4v) is 4.65. The molecule has 1 heterocycles. The number of nitriles is 1. The average Bonchev–Trinajstić information content (AvgIpc) is 3.17. The van der Waals surface area contributed by atoms with Gasteiger partial charge in [-0.15, -0.1) is 0 Å². The van der Waals surface area contributed by atoms with Crippen molar-refractivity contribution in [3.8, 4) is 6.07 Å². The van der Waals surface area contributed by atoms with Gasteiger partial charge in [-0.1, -0.05) is 18.2 Å². The molecule has 0 saturated carbocycles. The molecule has 196 valence electrons. The van der Waals surface area contributed by atoms with Crippen molar-refractivity contribution < 1.29 is 14.3 Å². The summed E-state index contributed by atoms with van der Waals surface area (Å²) in [5.74, 6) is -0.662. The van der Waals surface area contributed by atoms with Crippen molar-refractivity contribution in [2.75, 3.05) is 50.1 Å². The maximum Gasteiger partial charge on any atom is 0.338 e. The SMILES string of the molecule is CCOC(=O)c1ccc(CCc2cccc(C#N)c2)c(NC(=O)c2ccc(N3CCCN(C)CC3)cc2)c1. The molecule has 4 rings (SSSR count). The van der Waals surface area contributed by atoms with Crippen LogP contribution in [0, 0.1) is 11.3 Å². The van der Waals surface area contributed by atoms with Gasteiger partial charge < -0.3 is 19.9 Å². The zero-order valence-corrected chi connectivity index (χ0v) is 22.1. The summed E-state index contributed by atoms with van der Waals surface area (Å²) in [6.07, 6.45) is 2.44. The number of carbonyl (C=O) groups excluding carboxylic acids is 2. The van der Waals surface area contributed by atoms with Crippen LogP contribution >= 0.6 is 0 Å². The van der Waals surface area contributed by atoms with Gasteiger partial charge in [0.05, 0.1) is 23.8 Å². The third-order valence-corrected chi connectivity index (χ3v) is 6.82. The van der Waals surface area contributed by atoms with Gasteiger partial charge in [0.25, 0.3) is 5.91 Å². The number of nitrogens with one attached hydrogen (secondary N) is 1. The van der Waals surface area contributed by atoms with Crippen molar-refractivity contribution in [2.24, 2.45) is 0 Å². The van der Waals surface area contributed by atoms with Gasteiger partial charge in [-0.2, -0.15) is 5.26 Å². The zero-order valence-electron chi connectivity index (χ0n) is 22.1. The van der Waals surface area contributed by atoms with Crippen LogP contribution < -0.4 is 10.2 Å². The molecular formula is C31H34N4O3. The van der Waals surface area contributed by atoms with E-state index in [1.54, 1.807) is 25.1 Å². The van der Waals surface area contributed by atoms with Crippen LogP contribution in [0.15, 0.2) is 66.7 Å². The molecule has 3 aromatic rings. The van der Waals surface area contributed by atoms with Crippen molar-refractivity contribution in [1.82, 2.24) is 4.90 Å². The van der Waals surface area contributed by atoms with Gasteiger partial charge in [0.2, 0.25) is 0 Å². The van der Waals surface area contributed by atoms with Crippen LogP contribution in [0.25, 0.3) is 0 Å². The number of hydrogen-bond acceptors (Lipinski definition) is 6. The largest absolute Gasteiger partial charge is 0.462 e. The molecule has 1 fully saturated rings. The molecule has 0 aliphatic carbocycles. The van der Waals surface area contributed by atoms with Crippen LogP contribution in [0.1, 0.15) is 50.8 Å². The van der Waals surface area contributed by atoms with E-state index < -0.39 is 5.97 Å². The van der Waals surface area contributed by atoms with E-state index in [0.717, 1.165) is 49.4 Å². The molecule has 0 unspecified atom stereocenters. The molecule has 0 bridgehead atoms. The fourth-order valence-electron chi connectivity index (χ4n) is 4.65. The molecule has 1 saturated heterocycles. The van der Waals surface area contributed by atoms with E-state index in [1.807, 2.05) is 48.5 Å². The molecule has 0 radical (unpaired) electrons. The summed E-state index contributed by atoms with van der Waals surface area (Å²) in [4.78, 5) is 30.3. The highest BCUT2D eigenvalue weighted by Gasteiger charge is 2.16. The highest BCUT2D eigenvalue weighted by atomic mass is 16.5. The summed E-state index contributed by atoms with van der Waals surface area (Å²) in [6, 6.07) is 22.6. The Hall–Kier alpha value is -4.15. The number of hydrogen-bond donors (Lipinski definition) is 1. The highest BCUT2D eigenvalue weighted by molar-refractivity contribution is 6.05. The van der Waals surface area contributed by atoms with Crippen molar-refractivity contribution in [1.29, 1.82) is 5.26 Å². The van der Waals surface area contributed by atoms with Crippen molar-refractivity contribution >= 4 is 23.3 Å². The third-order valence-electron chi connectivity index (χ3n) is 6.82. The lowest BCUT2D eigenvalue weighted by atomic mass is 10.00. The number of amides is 1. The number of esters is 1. The minimum atomic E-state index is -0.427. The van der Waals surface area contributed by atoms with E-state index in [2.05, 4.69) is 28.2 Å². The van der Waals surface area contributed by atoms with E-state index in [-0.39, 0.29) is 12.5 Å². The lowest BCUT2D eigenvalue weighted by molar-refractivity contribution is 0.0526. The molecular weight excluding hydrogens is 476 g/mol. The maximum atomic E-state index is 13.2. The molecule has 3 aromatic carbocycles. The second-order valence-corrected chi connectivity index (χ2v) is 9.55.